The molecule has 6 rings (SSSR count). The first kappa shape index (κ1) is 26.0. The van der Waals surface area contributed by atoms with E-state index in [1.54, 1.807) is 22.9 Å². The maximum Gasteiger partial charge on any atom is 0.286 e. The van der Waals surface area contributed by atoms with E-state index in [0.717, 1.165) is 36.8 Å². The number of ether oxygens (including phenoxy) is 1. The predicted octanol–water partition coefficient (Wildman–Crippen LogP) is 4.02. The number of sulfonamides is 1. The molecule has 0 radical (unpaired) electrons. The topological polar surface area (TPSA) is 97.1 Å². The standard InChI is InChI=1S/C28H29N5O4S2/c34-27-25(38-28(29-27)31-12-5-2-6-13-31)19-22-20-33(23-9-3-1-4-10-23)30-26(22)21-8-7-11-24(18-21)39(35,36)32-14-16-37-17-15-32/h1,3-4,7-11,18-20H,2,5-6,12-17H2. The molecule has 0 unspecified atom stereocenters. The molecule has 2 fully saturated rings. The highest BCUT2D eigenvalue weighted by Crippen LogP contribution is 2.34. The number of rotatable bonds is 5. The molecular formula is C28H29N5O4S2. The molecule has 0 bridgehead atoms. The number of para-hydroxylation sites is 1. The number of aliphatic imine (C=N–C) groups is 1. The molecule has 3 aromatic rings. The second-order valence-electron chi connectivity index (χ2n) is 9.62. The van der Waals surface area contributed by atoms with Gasteiger partial charge in [-0.15, -0.1) is 0 Å². The number of amides is 1. The van der Waals surface area contributed by atoms with E-state index in [9.17, 15) is 13.2 Å². The largest absolute Gasteiger partial charge is 0.379 e. The van der Waals surface area contributed by atoms with Gasteiger partial charge in [-0.25, -0.2) is 13.1 Å². The van der Waals surface area contributed by atoms with Crippen molar-refractivity contribution in [1.82, 2.24) is 19.0 Å². The van der Waals surface area contributed by atoms with Crippen LogP contribution in [0.25, 0.3) is 23.0 Å². The SMILES string of the molecule is O=C1N=C(N2CCCCC2)SC1=Cc1cn(-c2ccccc2)nc1-c1cccc(S(=O)(=O)N2CCOCC2)c1. The highest BCUT2D eigenvalue weighted by molar-refractivity contribution is 8.18. The summed E-state index contributed by atoms with van der Waals surface area (Å²) in [4.78, 5) is 20.1. The Bertz CT molecular complexity index is 1540. The summed E-state index contributed by atoms with van der Waals surface area (Å²) in [5.74, 6) is -0.261. The molecule has 0 atom stereocenters. The van der Waals surface area contributed by atoms with Crippen molar-refractivity contribution in [2.75, 3.05) is 39.4 Å². The van der Waals surface area contributed by atoms with Crippen molar-refractivity contribution in [1.29, 1.82) is 0 Å². The van der Waals surface area contributed by atoms with Gasteiger partial charge in [-0.1, -0.05) is 30.3 Å². The molecule has 3 aliphatic heterocycles. The molecule has 11 heteroatoms. The number of benzene rings is 2. The third kappa shape index (κ3) is 5.44. The first-order valence-corrected chi connectivity index (χ1v) is 15.4. The van der Waals surface area contributed by atoms with Crippen molar-refractivity contribution < 1.29 is 17.9 Å². The Morgan fingerprint density at radius 3 is 2.46 bits per heavy atom. The van der Waals surface area contributed by atoms with Gasteiger partial charge in [-0.3, -0.25) is 4.79 Å². The van der Waals surface area contributed by atoms with Crippen LogP contribution in [0.2, 0.25) is 0 Å². The lowest BCUT2D eigenvalue weighted by Crippen LogP contribution is -2.40. The smallest absolute Gasteiger partial charge is 0.286 e. The highest BCUT2D eigenvalue weighted by atomic mass is 32.2. The van der Waals surface area contributed by atoms with Crippen LogP contribution in [0, 0.1) is 0 Å². The fourth-order valence-corrected chi connectivity index (χ4v) is 7.34. The monoisotopic (exact) mass is 563 g/mol. The maximum atomic E-state index is 13.4. The van der Waals surface area contributed by atoms with Crippen molar-refractivity contribution in [3.05, 3.63) is 71.3 Å². The third-order valence-electron chi connectivity index (χ3n) is 7.00. The van der Waals surface area contributed by atoms with Crippen LogP contribution >= 0.6 is 11.8 Å². The molecule has 0 N–H and O–H groups in total. The summed E-state index contributed by atoms with van der Waals surface area (Å²) in [6.45, 7) is 3.23. The molecular weight excluding hydrogens is 534 g/mol. The van der Waals surface area contributed by atoms with Crippen molar-refractivity contribution in [2.24, 2.45) is 4.99 Å². The molecule has 1 aromatic heterocycles. The normalized spacial score (nSPS) is 20.0. The van der Waals surface area contributed by atoms with Gasteiger partial charge in [0.15, 0.2) is 5.17 Å². The summed E-state index contributed by atoms with van der Waals surface area (Å²) < 4.78 is 35.3. The Morgan fingerprint density at radius 1 is 0.923 bits per heavy atom. The summed E-state index contributed by atoms with van der Waals surface area (Å²) in [5.41, 5.74) is 2.81. The quantitative estimate of drug-likeness (QED) is 0.433. The zero-order valence-corrected chi connectivity index (χ0v) is 23.0. The summed E-state index contributed by atoms with van der Waals surface area (Å²) in [6.07, 6.45) is 7.09. The molecule has 2 aromatic carbocycles. The van der Waals surface area contributed by atoms with E-state index in [4.69, 9.17) is 9.84 Å². The molecule has 9 nitrogen and oxygen atoms in total. The number of nitrogens with zero attached hydrogens (tertiary/aromatic N) is 5. The van der Waals surface area contributed by atoms with Crippen molar-refractivity contribution >= 4 is 38.9 Å². The van der Waals surface area contributed by atoms with Gasteiger partial charge >= 0.3 is 0 Å². The Hall–Kier alpha value is -3.25. The predicted molar refractivity (Wildman–Crippen MR) is 152 cm³/mol. The molecule has 4 heterocycles. The van der Waals surface area contributed by atoms with Crippen LogP contribution in [0.1, 0.15) is 24.8 Å². The van der Waals surface area contributed by atoms with Gasteiger partial charge in [0.2, 0.25) is 10.0 Å². The summed E-state index contributed by atoms with van der Waals surface area (Å²) in [7, 11) is -3.68. The Labute approximate surface area is 232 Å². The second kappa shape index (κ2) is 11.1. The van der Waals surface area contributed by atoms with Crippen molar-refractivity contribution in [3.63, 3.8) is 0 Å². The third-order valence-corrected chi connectivity index (χ3v) is 9.94. The van der Waals surface area contributed by atoms with Gasteiger partial charge in [-0.05, 0) is 61.4 Å². The molecule has 0 spiro atoms. The number of likely N-dealkylation sites (tertiary alicyclic amines) is 1. The van der Waals surface area contributed by atoms with Crippen LogP contribution in [0.5, 0.6) is 0 Å². The average Bonchev–Trinajstić information content (AvgIpc) is 3.58. The van der Waals surface area contributed by atoms with Crippen LogP contribution in [0.3, 0.4) is 0 Å². The highest BCUT2D eigenvalue weighted by Gasteiger charge is 2.29. The van der Waals surface area contributed by atoms with Gasteiger partial charge in [0.05, 0.1) is 28.7 Å². The molecule has 2 saturated heterocycles. The van der Waals surface area contributed by atoms with Crippen LogP contribution in [-0.2, 0) is 19.6 Å². The van der Waals surface area contributed by atoms with Crippen LogP contribution in [0.15, 0.2) is 75.6 Å². The number of hydrogen-bond donors (Lipinski definition) is 0. The number of piperidine rings is 1. The molecule has 3 aliphatic rings. The maximum absolute atomic E-state index is 13.4. The Morgan fingerprint density at radius 2 is 1.69 bits per heavy atom. The van der Waals surface area contributed by atoms with Gasteiger partial charge in [0, 0.05) is 43.5 Å². The minimum absolute atomic E-state index is 0.205. The van der Waals surface area contributed by atoms with E-state index in [2.05, 4.69) is 9.89 Å². The first-order chi connectivity index (χ1) is 19.0. The van der Waals surface area contributed by atoms with Gasteiger partial charge in [0.1, 0.15) is 5.69 Å². The van der Waals surface area contributed by atoms with E-state index in [0.29, 0.717) is 48.0 Å². The lowest BCUT2D eigenvalue weighted by atomic mass is 10.1. The summed E-state index contributed by atoms with van der Waals surface area (Å²) in [6, 6.07) is 16.5. The number of carbonyl (C=O) groups is 1. The van der Waals surface area contributed by atoms with Crippen LogP contribution in [0.4, 0.5) is 0 Å². The van der Waals surface area contributed by atoms with Crippen molar-refractivity contribution in [2.45, 2.75) is 24.2 Å². The van der Waals surface area contributed by atoms with E-state index >= 15 is 0 Å². The molecule has 39 heavy (non-hydrogen) atoms. The Balaban J connectivity index is 1.37. The zero-order chi connectivity index (χ0) is 26.8. The second-order valence-corrected chi connectivity index (χ2v) is 12.6. The summed E-state index contributed by atoms with van der Waals surface area (Å²) >= 11 is 1.39. The molecule has 202 valence electrons. The number of thioether (sulfide) groups is 1. The first-order valence-electron chi connectivity index (χ1n) is 13.1. The molecule has 1 amide bonds. The van der Waals surface area contributed by atoms with Crippen molar-refractivity contribution in [3.8, 4) is 16.9 Å². The van der Waals surface area contributed by atoms with E-state index in [1.165, 1.54) is 22.5 Å². The summed E-state index contributed by atoms with van der Waals surface area (Å²) in [5, 5.41) is 5.59. The van der Waals surface area contributed by atoms with Gasteiger partial charge in [0.25, 0.3) is 5.91 Å². The fraction of sp³-hybridized carbons (Fsp3) is 0.321. The lowest BCUT2D eigenvalue weighted by molar-refractivity contribution is -0.113. The number of carbonyl (C=O) groups excluding carboxylic acids is 1. The minimum atomic E-state index is -3.68. The van der Waals surface area contributed by atoms with E-state index in [-0.39, 0.29) is 10.8 Å². The molecule has 0 saturated carbocycles. The number of hydrogen-bond acceptors (Lipinski definition) is 7. The van der Waals surface area contributed by atoms with Crippen LogP contribution < -0.4 is 0 Å². The van der Waals surface area contributed by atoms with Gasteiger partial charge < -0.3 is 9.64 Å². The fourth-order valence-electron chi connectivity index (χ4n) is 4.93. The minimum Gasteiger partial charge on any atom is -0.379 e. The van der Waals surface area contributed by atoms with E-state index < -0.39 is 10.0 Å². The average molecular weight is 564 g/mol. The van der Waals surface area contributed by atoms with Gasteiger partial charge in [-0.2, -0.15) is 14.4 Å². The Kier molecular flexibility index (Phi) is 7.39. The number of amidine groups is 1. The number of aromatic nitrogens is 2. The van der Waals surface area contributed by atoms with E-state index in [1.807, 2.05) is 48.7 Å². The lowest BCUT2D eigenvalue weighted by Gasteiger charge is -2.27. The molecule has 0 aliphatic carbocycles. The zero-order valence-electron chi connectivity index (χ0n) is 21.4. The van der Waals surface area contributed by atoms with Crippen LogP contribution in [-0.4, -0.2) is 77.9 Å². The number of morpholine rings is 1.